The second-order valence-electron chi connectivity index (χ2n) is 6.41. The molecule has 0 aromatic carbocycles. The van der Waals surface area contributed by atoms with E-state index in [1.807, 2.05) is 26.2 Å². The van der Waals surface area contributed by atoms with Crippen molar-refractivity contribution in [2.24, 2.45) is 11.3 Å². The standard InChI is InChI=1S/C16H23N3O3/c1-18(2)15(20)16-10-19(8-13(16)9-22-11-16)7-12-5-4-6-17-14(12)21-3/h4-6,13H,7-11H2,1-3H3/t13-,16-/m0/s1. The third kappa shape index (κ3) is 2.46. The highest BCUT2D eigenvalue weighted by molar-refractivity contribution is 5.84. The molecule has 2 fully saturated rings. The highest BCUT2D eigenvalue weighted by atomic mass is 16.5. The van der Waals surface area contributed by atoms with Gasteiger partial charge in [0, 0.05) is 51.4 Å². The Morgan fingerprint density at radius 3 is 3.14 bits per heavy atom. The van der Waals surface area contributed by atoms with Crippen LogP contribution in [0.1, 0.15) is 5.56 Å². The number of hydrogen-bond acceptors (Lipinski definition) is 5. The quantitative estimate of drug-likeness (QED) is 0.816. The number of hydrogen-bond donors (Lipinski definition) is 0. The Labute approximate surface area is 131 Å². The molecule has 1 amide bonds. The van der Waals surface area contributed by atoms with Crippen LogP contribution in [0.15, 0.2) is 18.3 Å². The van der Waals surface area contributed by atoms with Gasteiger partial charge in [0.15, 0.2) is 0 Å². The molecule has 3 heterocycles. The van der Waals surface area contributed by atoms with Crippen LogP contribution in [0.4, 0.5) is 0 Å². The first-order chi connectivity index (χ1) is 10.6. The fourth-order valence-electron chi connectivity index (χ4n) is 3.68. The molecule has 0 spiro atoms. The van der Waals surface area contributed by atoms with E-state index in [9.17, 15) is 4.79 Å². The Morgan fingerprint density at radius 2 is 2.41 bits per heavy atom. The summed E-state index contributed by atoms with van der Waals surface area (Å²) in [6.45, 7) is 3.54. The Balaban J connectivity index is 1.77. The summed E-state index contributed by atoms with van der Waals surface area (Å²) in [7, 11) is 5.27. The van der Waals surface area contributed by atoms with E-state index < -0.39 is 0 Å². The zero-order valence-corrected chi connectivity index (χ0v) is 13.4. The molecule has 6 heteroatoms. The number of methoxy groups -OCH3 is 1. The topological polar surface area (TPSA) is 54.9 Å². The highest BCUT2D eigenvalue weighted by Crippen LogP contribution is 2.43. The SMILES string of the molecule is COc1ncccc1CN1C[C@H]2COC[C@@]2(C(=O)N(C)C)C1. The van der Waals surface area contributed by atoms with Crippen LogP contribution in [0.2, 0.25) is 0 Å². The summed E-state index contributed by atoms with van der Waals surface area (Å²) in [6, 6.07) is 3.94. The normalized spacial score (nSPS) is 27.7. The molecule has 0 unspecified atom stereocenters. The van der Waals surface area contributed by atoms with E-state index in [1.165, 1.54) is 0 Å². The molecular weight excluding hydrogens is 282 g/mol. The predicted molar refractivity (Wildman–Crippen MR) is 81.5 cm³/mol. The average Bonchev–Trinajstić information content (AvgIpc) is 3.04. The van der Waals surface area contributed by atoms with Crippen LogP contribution < -0.4 is 4.74 Å². The first-order valence-electron chi connectivity index (χ1n) is 7.56. The molecule has 0 N–H and O–H groups in total. The van der Waals surface area contributed by atoms with Gasteiger partial charge in [-0.15, -0.1) is 0 Å². The smallest absolute Gasteiger partial charge is 0.232 e. The fourth-order valence-corrected chi connectivity index (χ4v) is 3.68. The Morgan fingerprint density at radius 1 is 1.59 bits per heavy atom. The van der Waals surface area contributed by atoms with E-state index in [-0.39, 0.29) is 17.2 Å². The fraction of sp³-hybridized carbons (Fsp3) is 0.625. The summed E-state index contributed by atoms with van der Waals surface area (Å²) in [4.78, 5) is 20.9. The van der Waals surface area contributed by atoms with Gasteiger partial charge in [-0.2, -0.15) is 0 Å². The van der Waals surface area contributed by atoms with Gasteiger partial charge in [-0.3, -0.25) is 9.69 Å². The molecule has 0 aliphatic carbocycles. The van der Waals surface area contributed by atoms with Gasteiger partial charge in [0.2, 0.25) is 11.8 Å². The van der Waals surface area contributed by atoms with E-state index in [0.717, 1.165) is 25.2 Å². The summed E-state index contributed by atoms with van der Waals surface area (Å²) in [5.41, 5.74) is 0.664. The number of carbonyl (C=O) groups is 1. The van der Waals surface area contributed by atoms with Crippen molar-refractivity contribution < 1.29 is 14.3 Å². The molecule has 1 aromatic heterocycles. The average molecular weight is 305 g/mol. The number of pyridine rings is 1. The minimum atomic E-state index is -0.390. The maximum absolute atomic E-state index is 12.7. The molecule has 22 heavy (non-hydrogen) atoms. The lowest BCUT2D eigenvalue weighted by Gasteiger charge is -2.29. The van der Waals surface area contributed by atoms with Crippen LogP contribution >= 0.6 is 0 Å². The molecule has 2 saturated heterocycles. The zero-order chi connectivity index (χ0) is 15.7. The molecule has 0 bridgehead atoms. The molecule has 3 rings (SSSR count). The first-order valence-corrected chi connectivity index (χ1v) is 7.56. The number of ether oxygens (including phenoxy) is 2. The number of aromatic nitrogens is 1. The Hall–Kier alpha value is -1.66. The molecule has 2 aliphatic rings. The van der Waals surface area contributed by atoms with Crippen LogP contribution in [0.5, 0.6) is 5.88 Å². The predicted octanol–water partition coefficient (Wildman–Crippen LogP) is 0.627. The van der Waals surface area contributed by atoms with Crippen molar-refractivity contribution in [3.8, 4) is 5.88 Å². The number of fused-ring (bicyclic) bond motifs is 1. The number of nitrogens with zero attached hydrogens (tertiary/aromatic N) is 3. The second kappa shape index (κ2) is 5.85. The monoisotopic (exact) mass is 305 g/mol. The lowest BCUT2D eigenvalue weighted by atomic mass is 9.80. The maximum atomic E-state index is 12.7. The van der Waals surface area contributed by atoms with Crippen molar-refractivity contribution in [3.63, 3.8) is 0 Å². The minimum Gasteiger partial charge on any atom is -0.481 e. The van der Waals surface area contributed by atoms with Crippen molar-refractivity contribution in [2.45, 2.75) is 6.54 Å². The van der Waals surface area contributed by atoms with Gasteiger partial charge in [-0.05, 0) is 6.07 Å². The second-order valence-corrected chi connectivity index (χ2v) is 6.41. The van der Waals surface area contributed by atoms with Gasteiger partial charge in [-0.25, -0.2) is 4.98 Å². The van der Waals surface area contributed by atoms with Gasteiger partial charge in [-0.1, -0.05) is 6.07 Å². The lowest BCUT2D eigenvalue weighted by molar-refractivity contribution is -0.140. The summed E-state index contributed by atoms with van der Waals surface area (Å²) in [5, 5.41) is 0. The maximum Gasteiger partial charge on any atom is 0.232 e. The van der Waals surface area contributed by atoms with E-state index >= 15 is 0 Å². The van der Waals surface area contributed by atoms with Crippen molar-refractivity contribution in [1.82, 2.24) is 14.8 Å². The van der Waals surface area contributed by atoms with Crippen LogP contribution in [-0.4, -0.2) is 68.2 Å². The van der Waals surface area contributed by atoms with Crippen molar-refractivity contribution in [2.75, 3.05) is 47.5 Å². The third-order valence-electron chi connectivity index (χ3n) is 4.71. The zero-order valence-electron chi connectivity index (χ0n) is 13.4. The van der Waals surface area contributed by atoms with Gasteiger partial charge in [0.25, 0.3) is 0 Å². The third-order valence-corrected chi connectivity index (χ3v) is 4.71. The molecule has 0 radical (unpaired) electrons. The molecule has 2 atom stereocenters. The highest BCUT2D eigenvalue weighted by Gasteiger charge is 2.56. The van der Waals surface area contributed by atoms with Crippen LogP contribution in [0.25, 0.3) is 0 Å². The largest absolute Gasteiger partial charge is 0.481 e. The summed E-state index contributed by atoms with van der Waals surface area (Å²) in [5.74, 6) is 1.10. The Bertz CT molecular complexity index is 563. The van der Waals surface area contributed by atoms with Crippen molar-refractivity contribution >= 4 is 5.91 Å². The number of rotatable bonds is 4. The van der Waals surface area contributed by atoms with Gasteiger partial charge in [0.05, 0.1) is 25.7 Å². The van der Waals surface area contributed by atoms with E-state index in [4.69, 9.17) is 9.47 Å². The van der Waals surface area contributed by atoms with Gasteiger partial charge >= 0.3 is 0 Å². The molecule has 120 valence electrons. The van der Waals surface area contributed by atoms with Gasteiger partial charge < -0.3 is 14.4 Å². The molecular formula is C16H23N3O3. The van der Waals surface area contributed by atoms with Crippen molar-refractivity contribution in [1.29, 1.82) is 0 Å². The van der Waals surface area contributed by atoms with E-state index in [0.29, 0.717) is 19.1 Å². The number of amides is 1. The summed E-state index contributed by atoms with van der Waals surface area (Å²) >= 11 is 0. The molecule has 1 aromatic rings. The van der Waals surface area contributed by atoms with Crippen LogP contribution in [0.3, 0.4) is 0 Å². The lowest BCUT2D eigenvalue weighted by Crippen LogP contribution is -2.46. The van der Waals surface area contributed by atoms with E-state index in [2.05, 4.69) is 9.88 Å². The molecule has 6 nitrogen and oxygen atoms in total. The van der Waals surface area contributed by atoms with Crippen LogP contribution in [0, 0.1) is 11.3 Å². The minimum absolute atomic E-state index is 0.177. The van der Waals surface area contributed by atoms with E-state index in [1.54, 1.807) is 18.2 Å². The first kappa shape index (κ1) is 15.2. The number of carbonyl (C=O) groups excluding carboxylic acids is 1. The van der Waals surface area contributed by atoms with Gasteiger partial charge in [0.1, 0.15) is 0 Å². The molecule has 2 aliphatic heterocycles. The molecule has 0 saturated carbocycles. The Kier molecular flexibility index (Phi) is 4.06. The number of likely N-dealkylation sites (tertiary alicyclic amines) is 1. The summed E-state index contributed by atoms with van der Waals surface area (Å²) in [6.07, 6.45) is 1.73. The van der Waals surface area contributed by atoms with Crippen molar-refractivity contribution in [3.05, 3.63) is 23.9 Å². The summed E-state index contributed by atoms with van der Waals surface area (Å²) < 4.78 is 10.9. The van der Waals surface area contributed by atoms with Crippen LogP contribution in [-0.2, 0) is 16.1 Å².